The molecule has 1 aromatic rings. The Morgan fingerprint density at radius 2 is 1.87 bits per heavy atom. The Labute approximate surface area is 134 Å². The number of hydrogen-bond donors (Lipinski definition) is 2. The molecule has 2 rings (SSSR count). The first kappa shape index (κ1) is 16.8. The first-order valence-corrected chi connectivity index (χ1v) is 7.16. The van der Waals surface area contributed by atoms with Crippen LogP contribution in [0.15, 0.2) is 22.8 Å². The summed E-state index contributed by atoms with van der Waals surface area (Å²) < 4.78 is 10.2. The number of aromatic hydroxyl groups is 1. The number of aliphatic hydroxyl groups is 1. The molecule has 1 aliphatic rings. The summed E-state index contributed by atoms with van der Waals surface area (Å²) >= 11 is 0. The molecule has 124 valence electrons. The van der Waals surface area contributed by atoms with E-state index in [1.54, 1.807) is 25.1 Å². The number of rotatable bonds is 6. The molecule has 0 bridgehead atoms. The molecule has 1 heterocycles. The van der Waals surface area contributed by atoms with E-state index >= 15 is 0 Å². The van der Waals surface area contributed by atoms with E-state index in [-0.39, 0.29) is 35.5 Å². The monoisotopic (exact) mass is 320 g/mol. The lowest BCUT2D eigenvalue weighted by molar-refractivity contribution is -0.122. The zero-order valence-electron chi connectivity index (χ0n) is 13.4. The van der Waals surface area contributed by atoms with Crippen LogP contribution in [0.3, 0.4) is 0 Å². The molecular formula is C16H20N2O5. The fourth-order valence-corrected chi connectivity index (χ4v) is 2.31. The fourth-order valence-electron chi connectivity index (χ4n) is 2.31. The topological polar surface area (TPSA) is 91.6 Å². The maximum absolute atomic E-state index is 12.4. The summed E-state index contributed by atoms with van der Waals surface area (Å²) in [6.07, 6.45) is 2.10. The van der Waals surface area contributed by atoms with Crippen LogP contribution in [0.2, 0.25) is 0 Å². The largest absolute Gasteiger partial charge is 0.502 e. The van der Waals surface area contributed by atoms with Gasteiger partial charge < -0.3 is 19.7 Å². The van der Waals surface area contributed by atoms with Gasteiger partial charge in [0.2, 0.25) is 5.75 Å². The van der Waals surface area contributed by atoms with E-state index in [2.05, 4.69) is 4.99 Å². The highest BCUT2D eigenvalue weighted by Gasteiger charge is 2.27. The third kappa shape index (κ3) is 3.45. The van der Waals surface area contributed by atoms with Crippen LogP contribution < -0.4 is 9.47 Å². The van der Waals surface area contributed by atoms with E-state index in [0.29, 0.717) is 24.4 Å². The Bertz CT molecular complexity index is 641. The number of hydrogen-bond acceptors (Lipinski definition) is 6. The minimum atomic E-state index is -0.220. The molecule has 0 atom stereocenters. The van der Waals surface area contributed by atoms with Gasteiger partial charge in [-0.25, -0.2) is 4.99 Å². The SMILES string of the molecule is COc1cc(/C=C2\N=C(C)N(CCCO)C2=O)cc(OC)c1O. The van der Waals surface area contributed by atoms with Crippen LogP contribution in [0, 0.1) is 0 Å². The van der Waals surface area contributed by atoms with Crippen LogP contribution in [0.25, 0.3) is 6.08 Å². The molecule has 0 spiro atoms. The number of nitrogens with zero attached hydrogens (tertiary/aromatic N) is 2. The van der Waals surface area contributed by atoms with Gasteiger partial charge in [-0.2, -0.15) is 0 Å². The second kappa shape index (κ2) is 7.15. The van der Waals surface area contributed by atoms with Crippen molar-refractivity contribution in [2.45, 2.75) is 13.3 Å². The number of amides is 1. The summed E-state index contributed by atoms with van der Waals surface area (Å²) in [4.78, 5) is 18.1. The number of amidine groups is 1. The second-order valence-electron chi connectivity index (χ2n) is 5.00. The van der Waals surface area contributed by atoms with Gasteiger partial charge in [-0.05, 0) is 37.1 Å². The lowest BCUT2D eigenvalue weighted by Gasteiger charge is -2.14. The Morgan fingerprint density at radius 3 is 2.39 bits per heavy atom. The Balaban J connectivity index is 2.34. The lowest BCUT2D eigenvalue weighted by atomic mass is 10.1. The minimum absolute atomic E-state index is 0.0163. The van der Waals surface area contributed by atoms with Crippen molar-refractivity contribution >= 4 is 17.8 Å². The summed E-state index contributed by atoms with van der Waals surface area (Å²) in [6.45, 7) is 2.18. The predicted octanol–water partition coefficient (Wildman–Crippen LogP) is 1.39. The number of ether oxygens (including phenoxy) is 2. The Morgan fingerprint density at radius 1 is 1.26 bits per heavy atom. The molecule has 7 nitrogen and oxygen atoms in total. The number of phenolic OH excluding ortho intramolecular Hbond substituents is 1. The van der Waals surface area contributed by atoms with E-state index in [0.717, 1.165) is 0 Å². The number of benzene rings is 1. The van der Waals surface area contributed by atoms with Crippen LogP contribution in [0.5, 0.6) is 17.2 Å². The molecular weight excluding hydrogens is 300 g/mol. The van der Waals surface area contributed by atoms with Gasteiger partial charge in [-0.1, -0.05) is 0 Å². The molecule has 0 unspecified atom stereocenters. The number of phenols is 1. The first-order chi connectivity index (χ1) is 11.0. The van der Waals surface area contributed by atoms with Gasteiger partial charge in [0.05, 0.1) is 14.2 Å². The first-order valence-electron chi connectivity index (χ1n) is 7.16. The van der Waals surface area contributed by atoms with Crippen LogP contribution in [-0.4, -0.2) is 54.2 Å². The van der Waals surface area contributed by atoms with E-state index < -0.39 is 0 Å². The molecule has 0 fully saturated rings. The molecule has 1 aromatic carbocycles. The van der Waals surface area contributed by atoms with Gasteiger partial charge in [-0.3, -0.25) is 9.69 Å². The summed E-state index contributed by atoms with van der Waals surface area (Å²) in [5.41, 5.74) is 0.913. The van der Waals surface area contributed by atoms with Gasteiger partial charge in [0, 0.05) is 13.2 Å². The van der Waals surface area contributed by atoms with Crippen molar-refractivity contribution in [3.05, 3.63) is 23.4 Å². The van der Waals surface area contributed by atoms with E-state index in [1.807, 2.05) is 0 Å². The van der Waals surface area contributed by atoms with Crippen molar-refractivity contribution in [2.24, 2.45) is 4.99 Å². The summed E-state index contributed by atoms with van der Waals surface area (Å²) in [6, 6.07) is 3.19. The van der Waals surface area contributed by atoms with Gasteiger partial charge in [-0.15, -0.1) is 0 Å². The maximum atomic E-state index is 12.4. The van der Waals surface area contributed by atoms with Crippen molar-refractivity contribution < 1.29 is 24.5 Å². The fraction of sp³-hybridized carbons (Fsp3) is 0.375. The van der Waals surface area contributed by atoms with E-state index in [1.165, 1.54) is 19.1 Å². The summed E-state index contributed by atoms with van der Waals surface area (Å²) in [7, 11) is 2.87. The third-order valence-corrected chi connectivity index (χ3v) is 3.48. The number of aliphatic hydroxyl groups excluding tert-OH is 1. The third-order valence-electron chi connectivity index (χ3n) is 3.48. The van der Waals surface area contributed by atoms with Gasteiger partial charge in [0.25, 0.3) is 5.91 Å². The van der Waals surface area contributed by atoms with Crippen molar-refractivity contribution in [2.75, 3.05) is 27.4 Å². The molecule has 0 aliphatic carbocycles. The predicted molar refractivity (Wildman–Crippen MR) is 85.7 cm³/mol. The average Bonchev–Trinajstić information content (AvgIpc) is 2.80. The molecule has 2 N–H and O–H groups in total. The van der Waals surface area contributed by atoms with Crippen molar-refractivity contribution in [3.8, 4) is 17.2 Å². The normalized spacial score (nSPS) is 16.0. The Hall–Kier alpha value is -2.54. The van der Waals surface area contributed by atoms with Gasteiger partial charge >= 0.3 is 0 Å². The molecule has 0 aromatic heterocycles. The molecule has 0 radical (unpaired) electrons. The van der Waals surface area contributed by atoms with E-state index in [4.69, 9.17) is 14.6 Å². The van der Waals surface area contributed by atoms with Crippen molar-refractivity contribution in [3.63, 3.8) is 0 Å². The molecule has 0 saturated heterocycles. The summed E-state index contributed by atoms with van der Waals surface area (Å²) in [5.74, 6) is 0.771. The van der Waals surface area contributed by atoms with Gasteiger partial charge in [0.15, 0.2) is 11.5 Å². The van der Waals surface area contributed by atoms with Crippen molar-refractivity contribution in [1.82, 2.24) is 4.90 Å². The highest BCUT2D eigenvalue weighted by atomic mass is 16.5. The smallest absolute Gasteiger partial charge is 0.277 e. The molecule has 1 amide bonds. The van der Waals surface area contributed by atoms with Crippen LogP contribution in [0.1, 0.15) is 18.9 Å². The molecule has 7 heteroatoms. The highest BCUT2D eigenvalue weighted by Crippen LogP contribution is 2.37. The quantitative estimate of drug-likeness (QED) is 0.773. The molecule has 1 aliphatic heterocycles. The van der Waals surface area contributed by atoms with Crippen LogP contribution >= 0.6 is 0 Å². The Kier molecular flexibility index (Phi) is 5.23. The lowest BCUT2D eigenvalue weighted by Crippen LogP contribution is -2.31. The standard InChI is InChI=1S/C16H20N2O5/c1-10-17-12(16(21)18(10)5-4-6-19)7-11-8-13(22-2)15(20)14(9-11)23-3/h7-9,19-20H,4-6H2,1-3H3/b12-7-. The van der Waals surface area contributed by atoms with E-state index in [9.17, 15) is 9.90 Å². The number of carbonyl (C=O) groups is 1. The van der Waals surface area contributed by atoms with Gasteiger partial charge in [0.1, 0.15) is 11.5 Å². The summed E-state index contributed by atoms with van der Waals surface area (Å²) in [5, 5.41) is 18.8. The number of aliphatic imine (C=N–C) groups is 1. The van der Waals surface area contributed by atoms with Crippen LogP contribution in [0.4, 0.5) is 0 Å². The number of carbonyl (C=O) groups excluding carboxylic acids is 1. The zero-order chi connectivity index (χ0) is 17.0. The maximum Gasteiger partial charge on any atom is 0.277 e. The van der Waals surface area contributed by atoms with Crippen LogP contribution in [-0.2, 0) is 4.79 Å². The average molecular weight is 320 g/mol. The number of methoxy groups -OCH3 is 2. The highest BCUT2D eigenvalue weighted by molar-refractivity contribution is 6.13. The second-order valence-corrected chi connectivity index (χ2v) is 5.00. The molecule has 0 saturated carbocycles. The van der Waals surface area contributed by atoms with Crippen molar-refractivity contribution in [1.29, 1.82) is 0 Å². The zero-order valence-corrected chi connectivity index (χ0v) is 13.4. The molecule has 23 heavy (non-hydrogen) atoms. The minimum Gasteiger partial charge on any atom is -0.502 e.